The number of ether oxygens (including phenoxy) is 1. The highest BCUT2D eigenvalue weighted by molar-refractivity contribution is 6.00. The predicted octanol–water partition coefficient (Wildman–Crippen LogP) is 3.30. The maximum atomic E-state index is 12.6. The number of methoxy groups -OCH3 is 1. The summed E-state index contributed by atoms with van der Waals surface area (Å²) in [7, 11) is 1.55. The van der Waals surface area contributed by atoms with Crippen LogP contribution in [-0.2, 0) is 22.6 Å². The summed E-state index contributed by atoms with van der Waals surface area (Å²) in [4.78, 5) is 24.6. The van der Waals surface area contributed by atoms with Gasteiger partial charge in [0.1, 0.15) is 12.3 Å². The van der Waals surface area contributed by atoms with E-state index in [0.29, 0.717) is 17.1 Å². The van der Waals surface area contributed by atoms with Crippen molar-refractivity contribution in [2.75, 3.05) is 17.7 Å². The van der Waals surface area contributed by atoms with Gasteiger partial charge in [0.25, 0.3) is 0 Å². The van der Waals surface area contributed by atoms with Crippen molar-refractivity contribution in [3.05, 3.63) is 35.2 Å². The van der Waals surface area contributed by atoms with E-state index in [9.17, 15) is 9.59 Å². The van der Waals surface area contributed by atoms with Crippen LogP contribution in [0.4, 0.5) is 11.4 Å². The van der Waals surface area contributed by atoms with Crippen LogP contribution in [0.25, 0.3) is 0 Å². The lowest BCUT2D eigenvalue weighted by Crippen LogP contribution is -2.23. The largest absolute Gasteiger partial charge is 0.497 e. The molecule has 0 spiro atoms. The Hall–Kier alpha value is -2.83. The number of nitrogens with zero attached hydrogens (tertiary/aromatic N) is 2. The molecule has 0 radical (unpaired) electrons. The molecule has 0 saturated carbocycles. The van der Waals surface area contributed by atoms with Crippen molar-refractivity contribution in [1.82, 2.24) is 9.78 Å². The maximum absolute atomic E-state index is 12.6. The summed E-state index contributed by atoms with van der Waals surface area (Å²) in [5.41, 5.74) is 4.11. The van der Waals surface area contributed by atoms with Crippen LogP contribution in [0.1, 0.15) is 37.7 Å². The molecule has 0 aliphatic carbocycles. The first-order valence-corrected chi connectivity index (χ1v) is 9.08. The number of carbonyl (C=O) groups excluding carboxylic acids is 2. The Balaban J connectivity index is 2.22. The fraction of sp³-hybridized carbons (Fsp3) is 0.450. The normalized spacial score (nSPS) is 10.8. The number of anilines is 2. The van der Waals surface area contributed by atoms with Gasteiger partial charge in [0.2, 0.25) is 11.8 Å². The molecule has 0 unspecified atom stereocenters. The molecular weight excluding hydrogens is 344 g/mol. The molecule has 146 valence electrons. The summed E-state index contributed by atoms with van der Waals surface area (Å²) in [5, 5.41) is 10.1. The Morgan fingerprint density at radius 2 is 1.89 bits per heavy atom. The van der Waals surface area contributed by atoms with Gasteiger partial charge in [0.15, 0.2) is 0 Å². The van der Waals surface area contributed by atoms with Gasteiger partial charge in [-0.1, -0.05) is 20.8 Å². The third-order valence-corrected chi connectivity index (χ3v) is 4.46. The van der Waals surface area contributed by atoms with E-state index in [1.165, 1.54) is 0 Å². The molecule has 1 aromatic heterocycles. The minimum absolute atomic E-state index is 0.0987. The van der Waals surface area contributed by atoms with E-state index in [-0.39, 0.29) is 24.3 Å². The van der Waals surface area contributed by atoms with Gasteiger partial charge >= 0.3 is 0 Å². The summed E-state index contributed by atoms with van der Waals surface area (Å²) in [6.07, 6.45) is 0.876. The molecule has 1 heterocycles. The van der Waals surface area contributed by atoms with Crippen LogP contribution < -0.4 is 15.4 Å². The first-order valence-electron chi connectivity index (χ1n) is 9.08. The number of benzene rings is 1. The highest BCUT2D eigenvalue weighted by Crippen LogP contribution is 2.27. The molecule has 2 N–H and O–H groups in total. The van der Waals surface area contributed by atoms with Crippen molar-refractivity contribution >= 4 is 23.2 Å². The summed E-state index contributed by atoms with van der Waals surface area (Å²) in [6.45, 7) is 9.70. The lowest BCUT2D eigenvalue weighted by Gasteiger charge is -2.15. The second kappa shape index (κ2) is 8.70. The molecule has 7 heteroatoms. The number of amides is 2. The van der Waals surface area contributed by atoms with Gasteiger partial charge in [0.05, 0.1) is 24.2 Å². The van der Waals surface area contributed by atoms with Gasteiger partial charge < -0.3 is 15.4 Å². The van der Waals surface area contributed by atoms with E-state index in [1.807, 2.05) is 27.7 Å². The molecule has 1 aromatic carbocycles. The van der Waals surface area contributed by atoms with E-state index < -0.39 is 0 Å². The summed E-state index contributed by atoms with van der Waals surface area (Å²) >= 11 is 0. The Morgan fingerprint density at radius 3 is 2.44 bits per heavy atom. The van der Waals surface area contributed by atoms with Crippen molar-refractivity contribution in [2.45, 2.75) is 47.6 Å². The number of rotatable bonds is 7. The van der Waals surface area contributed by atoms with E-state index >= 15 is 0 Å². The molecule has 0 atom stereocenters. The zero-order valence-corrected chi connectivity index (χ0v) is 16.8. The lowest BCUT2D eigenvalue weighted by molar-refractivity contribution is -0.119. The highest BCUT2D eigenvalue weighted by Gasteiger charge is 2.16. The first kappa shape index (κ1) is 20.5. The Bertz CT molecular complexity index is 840. The molecule has 0 aliphatic heterocycles. The molecule has 0 aliphatic rings. The predicted molar refractivity (Wildman–Crippen MR) is 106 cm³/mol. The summed E-state index contributed by atoms with van der Waals surface area (Å²) in [6, 6.07) is 5.14. The van der Waals surface area contributed by atoms with Crippen LogP contribution >= 0.6 is 0 Å². The second-order valence-corrected chi connectivity index (χ2v) is 6.76. The molecular formula is C20H28N4O3. The van der Waals surface area contributed by atoms with Crippen LogP contribution in [-0.4, -0.2) is 28.7 Å². The number of nitrogens with one attached hydrogen (secondary N) is 2. The van der Waals surface area contributed by atoms with E-state index in [4.69, 9.17) is 4.74 Å². The van der Waals surface area contributed by atoms with Crippen LogP contribution in [0.15, 0.2) is 18.2 Å². The smallest absolute Gasteiger partial charge is 0.246 e. The average molecular weight is 372 g/mol. The Labute approximate surface area is 160 Å². The van der Waals surface area contributed by atoms with Crippen molar-refractivity contribution in [2.24, 2.45) is 5.92 Å². The van der Waals surface area contributed by atoms with Crippen molar-refractivity contribution in [1.29, 1.82) is 0 Å². The van der Waals surface area contributed by atoms with Gasteiger partial charge in [-0.15, -0.1) is 0 Å². The molecule has 0 bridgehead atoms. The van der Waals surface area contributed by atoms with E-state index in [2.05, 4.69) is 22.7 Å². The van der Waals surface area contributed by atoms with Gasteiger partial charge in [-0.3, -0.25) is 14.3 Å². The standard InChI is InChI=1S/C20H28N4O3/c1-7-16-13(4)23-24(14(16)5)11-19(25)21-18-10-15(27-6)8-9-17(18)22-20(26)12(2)3/h8-10,12H,7,11H2,1-6H3,(H,21,25)(H,22,26). The average Bonchev–Trinajstić information content (AvgIpc) is 2.88. The van der Waals surface area contributed by atoms with E-state index in [0.717, 1.165) is 23.4 Å². The molecule has 0 fully saturated rings. The molecule has 2 rings (SSSR count). The minimum Gasteiger partial charge on any atom is -0.497 e. The van der Waals surface area contributed by atoms with E-state index in [1.54, 1.807) is 30.0 Å². The Kier molecular flexibility index (Phi) is 6.60. The quantitative estimate of drug-likeness (QED) is 0.781. The Morgan fingerprint density at radius 1 is 1.19 bits per heavy atom. The number of hydrogen-bond donors (Lipinski definition) is 2. The van der Waals surface area contributed by atoms with Gasteiger partial charge in [-0.25, -0.2) is 0 Å². The third kappa shape index (κ3) is 4.87. The first-order chi connectivity index (χ1) is 12.8. The van der Waals surface area contributed by atoms with Crippen molar-refractivity contribution in [3.63, 3.8) is 0 Å². The van der Waals surface area contributed by atoms with Crippen LogP contribution in [0, 0.1) is 19.8 Å². The zero-order chi connectivity index (χ0) is 20.1. The fourth-order valence-corrected chi connectivity index (χ4v) is 2.87. The fourth-order valence-electron chi connectivity index (χ4n) is 2.87. The van der Waals surface area contributed by atoms with Crippen LogP contribution in [0.2, 0.25) is 0 Å². The number of hydrogen-bond acceptors (Lipinski definition) is 4. The number of aryl methyl sites for hydroxylation is 1. The lowest BCUT2D eigenvalue weighted by atomic mass is 10.1. The molecule has 27 heavy (non-hydrogen) atoms. The van der Waals surface area contributed by atoms with Crippen LogP contribution in [0.3, 0.4) is 0 Å². The highest BCUT2D eigenvalue weighted by atomic mass is 16.5. The molecule has 7 nitrogen and oxygen atoms in total. The summed E-state index contributed by atoms with van der Waals surface area (Å²) < 4.78 is 6.94. The topological polar surface area (TPSA) is 85.2 Å². The zero-order valence-electron chi connectivity index (χ0n) is 16.8. The monoisotopic (exact) mass is 372 g/mol. The SMILES string of the molecule is CCc1c(C)nn(CC(=O)Nc2cc(OC)ccc2NC(=O)C(C)C)c1C. The third-order valence-electron chi connectivity index (χ3n) is 4.46. The van der Waals surface area contributed by atoms with Crippen LogP contribution in [0.5, 0.6) is 5.75 Å². The van der Waals surface area contributed by atoms with Gasteiger partial charge in [-0.05, 0) is 38.0 Å². The maximum Gasteiger partial charge on any atom is 0.246 e. The molecule has 0 saturated heterocycles. The summed E-state index contributed by atoms with van der Waals surface area (Å²) in [5.74, 6) is 0.0726. The van der Waals surface area contributed by atoms with Gasteiger partial charge in [-0.2, -0.15) is 5.10 Å². The number of aromatic nitrogens is 2. The minimum atomic E-state index is -0.225. The van der Waals surface area contributed by atoms with Crippen molar-refractivity contribution < 1.29 is 14.3 Å². The second-order valence-electron chi connectivity index (χ2n) is 6.76. The molecule has 2 amide bonds. The molecule has 2 aromatic rings. The van der Waals surface area contributed by atoms with Crippen molar-refractivity contribution in [3.8, 4) is 5.75 Å². The van der Waals surface area contributed by atoms with Gasteiger partial charge in [0, 0.05) is 17.7 Å². The number of carbonyl (C=O) groups is 2.